The van der Waals surface area contributed by atoms with E-state index < -0.39 is 120 Å². The summed E-state index contributed by atoms with van der Waals surface area (Å²) in [6, 6.07) is 1.82. The monoisotopic (exact) mass is 1070 g/mol. The van der Waals surface area contributed by atoms with Gasteiger partial charge >= 0.3 is 5.97 Å². The fraction of sp³-hybridized carbons (Fsp3) is 0.585. The van der Waals surface area contributed by atoms with Gasteiger partial charge in [-0.3, -0.25) is 47.9 Å². The van der Waals surface area contributed by atoms with E-state index in [1.54, 1.807) is 46.8 Å². The lowest BCUT2D eigenvalue weighted by Gasteiger charge is -2.30. The van der Waals surface area contributed by atoms with Gasteiger partial charge < -0.3 is 69.3 Å². The van der Waals surface area contributed by atoms with Gasteiger partial charge in [0.2, 0.25) is 53.2 Å². The fourth-order valence-electron chi connectivity index (χ4n) is 8.05. The predicted octanol–water partition coefficient (Wildman–Crippen LogP) is 0.809. The number of phenols is 2. The van der Waals surface area contributed by atoms with Crippen LogP contribution in [0.25, 0.3) is 0 Å². The van der Waals surface area contributed by atoms with E-state index >= 15 is 0 Å². The summed E-state index contributed by atoms with van der Waals surface area (Å²) in [5, 5.41) is 50.1. The van der Waals surface area contributed by atoms with E-state index in [9.17, 15) is 63.3 Å². The SMILES string of the molecule is CC[C@H](NC(=O)[C@H](CCCCN)NC(=O)[C@H](Cc1ccc(O)cc1)NC(=O)[C@H](CC(C)C)NC(=O)[C@H](CCC(=O)O)NC(C)=O)C(=O)N[C@H](C(=O)N[C@@H](CC(C)C)C(=O)N[C@@H](Cc1ccc(O)cc1)C(N)=O)[C@@H](C)CC. The molecule has 9 amide bonds. The highest BCUT2D eigenvalue weighted by molar-refractivity contribution is 5.98. The maximum atomic E-state index is 14.4. The van der Waals surface area contributed by atoms with Gasteiger partial charge in [0.15, 0.2) is 0 Å². The summed E-state index contributed by atoms with van der Waals surface area (Å²) in [4.78, 5) is 134. The second kappa shape index (κ2) is 32.9. The highest BCUT2D eigenvalue weighted by Crippen LogP contribution is 2.17. The van der Waals surface area contributed by atoms with Crippen LogP contribution in [-0.2, 0) is 60.8 Å². The molecule has 0 spiro atoms. The molecule has 15 N–H and O–H groups in total. The molecule has 0 aliphatic heterocycles. The zero-order valence-corrected chi connectivity index (χ0v) is 45.0. The van der Waals surface area contributed by atoms with Crippen LogP contribution in [0.15, 0.2) is 48.5 Å². The van der Waals surface area contributed by atoms with Crippen LogP contribution in [0.1, 0.15) is 124 Å². The lowest BCUT2D eigenvalue weighted by molar-refractivity contribution is -0.138. The molecule has 2 aromatic rings. The topological polar surface area (TPSA) is 380 Å². The molecule has 23 nitrogen and oxygen atoms in total. The average molecular weight is 1070 g/mol. The summed E-state index contributed by atoms with van der Waals surface area (Å²) in [6.45, 7) is 13.8. The van der Waals surface area contributed by atoms with E-state index in [4.69, 9.17) is 11.5 Å². The molecule has 0 saturated heterocycles. The van der Waals surface area contributed by atoms with Crippen molar-refractivity contribution >= 4 is 59.1 Å². The van der Waals surface area contributed by atoms with Gasteiger partial charge in [0, 0.05) is 26.2 Å². The number of carbonyl (C=O) groups excluding carboxylic acids is 9. The van der Waals surface area contributed by atoms with Gasteiger partial charge in [-0.05, 0) is 105 Å². The summed E-state index contributed by atoms with van der Waals surface area (Å²) in [5.74, 6) is -8.83. The zero-order valence-electron chi connectivity index (χ0n) is 45.0. The van der Waals surface area contributed by atoms with Crippen LogP contribution in [0.5, 0.6) is 11.5 Å². The van der Waals surface area contributed by atoms with Crippen LogP contribution in [0.3, 0.4) is 0 Å². The Morgan fingerprint density at radius 2 is 0.882 bits per heavy atom. The first-order valence-electron chi connectivity index (χ1n) is 25.9. The van der Waals surface area contributed by atoms with Crippen LogP contribution in [-0.4, -0.2) is 129 Å². The maximum Gasteiger partial charge on any atom is 0.303 e. The highest BCUT2D eigenvalue weighted by atomic mass is 16.4. The van der Waals surface area contributed by atoms with Crippen molar-refractivity contribution < 1.29 is 63.3 Å². The zero-order chi connectivity index (χ0) is 57.2. The van der Waals surface area contributed by atoms with Crippen molar-refractivity contribution in [2.45, 2.75) is 174 Å². The van der Waals surface area contributed by atoms with Gasteiger partial charge in [-0.2, -0.15) is 0 Å². The predicted molar refractivity (Wildman–Crippen MR) is 282 cm³/mol. The number of rotatable bonds is 34. The number of primary amides is 1. The Balaban J connectivity index is 2.42. The van der Waals surface area contributed by atoms with Crippen molar-refractivity contribution in [3.63, 3.8) is 0 Å². The molecule has 0 aliphatic rings. The number of carbonyl (C=O) groups is 10. The normalized spacial score (nSPS) is 14.7. The average Bonchev–Trinajstić information content (AvgIpc) is 3.35. The third kappa shape index (κ3) is 23.5. The molecule has 0 unspecified atom stereocenters. The molecule has 422 valence electrons. The number of phenolic OH excluding ortho intramolecular Hbond substituents is 2. The van der Waals surface area contributed by atoms with E-state index in [1.165, 1.54) is 36.4 Å². The Morgan fingerprint density at radius 3 is 1.32 bits per heavy atom. The first-order chi connectivity index (χ1) is 35.8. The molecular formula is C53H82N10O13. The first kappa shape index (κ1) is 64.8. The second-order valence-corrected chi connectivity index (χ2v) is 20.0. The standard InChI is InChI=1S/C53H82N10O13/c1-9-31(7)45(53(76)62-42(26-30(5)6)50(73)59-40(46(55)69)27-33-14-18-35(65)19-15-33)63-47(70)37(10-2)57-48(71)38(13-11-12-24-54)58-52(75)43(28-34-16-20-36(66)21-17-34)61-51(74)41(25-29(3)4)60-49(72)39(56-32(8)64)22-23-44(67)68/h14-21,29-31,37-43,45,65-66H,9-13,22-28,54H2,1-8H3,(H2,55,69)(H,56,64)(H,57,71)(H,58,75)(H,59,73)(H,60,72)(H,61,74)(H,62,76)(H,63,70)(H,67,68)/t31-,37-,38-,39-,40-,41-,42-,43-,45-/m0/s1. The number of aromatic hydroxyl groups is 2. The van der Waals surface area contributed by atoms with Crippen molar-refractivity contribution in [1.29, 1.82) is 0 Å². The third-order valence-electron chi connectivity index (χ3n) is 12.5. The summed E-state index contributed by atoms with van der Waals surface area (Å²) in [7, 11) is 0. The fourth-order valence-corrected chi connectivity index (χ4v) is 8.05. The smallest absolute Gasteiger partial charge is 0.303 e. The molecule has 0 saturated carbocycles. The largest absolute Gasteiger partial charge is 0.508 e. The molecule has 0 radical (unpaired) electrons. The Kier molecular flexibility index (Phi) is 28.0. The van der Waals surface area contributed by atoms with Crippen LogP contribution in [0, 0.1) is 17.8 Å². The lowest BCUT2D eigenvalue weighted by atomic mass is 9.96. The number of nitrogens with one attached hydrogen (secondary N) is 8. The van der Waals surface area contributed by atoms with Gasteiger partial charge in [-0.1, -0.05) is 79.2 Å². The number of benzene rings is 2. The molecule has 0 aromatic heterocycles. The minimum Gasteiger partial charge on any atom is -0.508 e. The van der Waals surface area contributed by atoms with Gasteiger partial charge in [-0.25, -0.2) is 0 Å². The number of aliphatic carboxylic acids is 1. The summed E-state index contributed by atoms with van der Waals surface area (Å²) < 4.78 is 0. The Bertz CT molecular complexity index is 2260. The van der Waals surface area contributed by atoms with Crippen LogP contribution < -0.4 is 54.0 Å². The number of hydrogen-bond acceptors (Lipinski definition) is 13. The van der Waals surface area contributed by atoms with Crippen LogP contribution >= 0.6 is 0 Å². The van der Waals surface area contributed by atoms with Crippen molar-refractivity contribution in [2.24, 2.45) is 29.2 Å². The van der Waals surface area contributed by atoms with Crippen molar-refractivity contribution in [2.75, 3.05) is 6.54 Å². The lowest BCUT2D eigenvalue weighted by Crippen LogP contribution is -2.61. The summed E-state index contributed by atoms with van der Waals surface area (Å²) >= 11 is 0. The molecule has 76 heavy (non-hydrogen) atoms. The molecule has 0 bridgehead atoms. The number of carboxylic acid groups (broad SMARTS) is 1. The van der Waals surface area contributed by atoms with Gasteiger partial charge in [0.25, 0.3) is 0 Å². The molecule has 9 atom stereocenters. The molecule has 2 rings (SSSR count). The molecule has 0 aliphatic carbocycles. The van der Waals surface area contributed by atoms with Crippen molar-refractivity contribution in [3.05, 3.63) is 59.7 Å². The number of nitrogens with two attached hydrogens (primary N) is 2. The molecule has 0 heterocycles. The minimum absolute atomic E-state index is 0.00999. The molecule has 23 heteroatoms. The number of carboxylic acids is 1. The number of unbranched alkanes of at least 4 members (excludes halogenated alkanes) is 1. The molecule has 2 aromatic carbocycles. The maximum absolute atomic E-state index is 14.4. The number of hydrogen-bond donors (Lipinski definition) is 13. The van der Waals surface area contributed by atoms with E-state index in [0.717, 1.165) is 6.92 Å². The third-order valence-corrected chi connectivity index (χ3v) is 12.5. The second-order valence-electron chi connectivity index (χ2n) is 20.0. The van der Waals surface area contributed by atoms with Gasteiger partial charge in [0.05, 0.1) is 0 Å². The summed E-state index contributed by atoms with van der Waals surface area (Å²) in [5.41, 5.74) is 12.5. The van der Waals surface area contributed by atoms with E-state index in [2.05, 4.69) is 42.5 Å². The number of amides is 9. The molecule has 0 fully saturated rings. The quantitative estimate of drug-likeness (QED) is 0.0432. The summed E-state index contributed by atoms with van der Waals surface area (Å²) in [6.07, 6.45) is 0.638. The van der Waals surface area contributed by atoms with Gasteiger partial charge in [0.1, 0.15) is 59.8 Å². The van der Waals surface area contributed by atoms with Crippen molar-refractivity contribution in [3.8, 4) is 11.5 Å². The Morgan fingerprint density at radius 1 is 0.487 bits per heavy atom. The van der Waals surface area contributed by atoms with Crippen molar-refractivity contribution in [1.82, 2.24) is 42.5 Å². The van der Waals surface area contributed by atoms with E-state index in [-0.39, 0.29) is 74.8 Å². The highest BCUT2D eigenvalue weighted by Gasteiger charge is 2.36. The van der Waals surface area contributed by atoms with Crippen LogP contribution in [0.4, 0.5) is 0 Å². The van der Waals surface area contributed by atoms with E-state index in [1.807, 2.05) is 13.8 Å². The molecular weight excluding hydrogens is 985 g/mol. The van der Waals surface area contributed by atoms with E-state index in [0.29, 0.717) is 30.4 Å². The van der Waals surface area contributed by atoms with Crippen LogP contribution in [0.2, 0.25) is 0 Å². The first-order valence-corrected chi connectivity index (χ1v) is 25.9. The van der Waals surface area contributed by atoms with Gasteiger partial charge in [-0.15, -0.1) is 0 Å². The Labute approximate surface area is 445 Å². The Hall–Kier alpha value is -7.30. The minimum atomic E-state index is -1.39.